The number of amides is 2. The molecule has 0 radical (unpaired) electrons. The van der Waals surface area contributed by atoms with Crippen molar-refractivity contribution in [3.63, 3.8) is 0 Å². The van der Waals surface area contributed by atoms with Crippen LogP contribution in [-0.4, -0.2) is 22.9 Å². The minimum absolute atomic E-state index is 0.0465. The Kier molecular flexibility index (Phi) is 4.93. The first-order chi connectivity index (χ1) is 14.5. The SMILES string of the molecule is CCc1ccc(N2NC(=O)/C(=C/c3ccc(-c4cccc(C(=O)O)c4)o3)C2=O)cc1. The Morgan fingerprint density at radius 1 is 1.10 bits per heavy atom. The molecule has 30 heavy (non-hydrogen) atoms. The van der Waals surface area contributed by atoms with Crippen LogP contribution in [0, 0.1) is 0 Å². The molecule has 1 aliphatic rings. The van der Waals surface area contributed by atoms with Crippen LogP contribution in [0.5, 0.6) is 0 Å². The Hall–Kier alpha value is -4.13. The third-order valence-corrected chi connectivity index (χ3v) is 4.80. The largest absolute Gasteiger partial charge is 0.478 e. The highest BCUT2D eigenvalue weighted by atomic mass is 16.4. The van der Waals surface area contributed by atoms with Crippen molar-refractivity contribution in [2.75, 3.05) is 5.01 Å². The number of aromatic carboxylic acids is 1. The fourth-order valence-corrected chi connectivity index (χ4v) is 3.15. The number of nitrogens with zero attached hydrogens (tertiary/aromatic N) is 1. The van der Waals surface area contributed by atoms with Gasteiger partial charge in [-0.15, -0.1) is 0 Å². The van der Waals surface area contributed by atoms with E-state index in [1.165, 1.54) is 23.2 Å². The van der Waals surface area contributed by atoms with Crippen LogP contribution in [0.15, 0.2) is 70.7 Å². The molecule has 1 aliphatic heterocycles. The van der Waals surface area contributed by atoms with Crippen molar-refractivity contribution < 1.29 is 23.9 Å². The highest BCUT2D eigenvalue weighted by molar-refractivity contribution is 6.31. The molecule has 2 heterocycles. The van der Waals surface area contributed by atoms with Crippen LogP contribution in [-0.2, 0) is 16.0 Å². The van der Waals surface area contributed by atoms with Crippen LogP contribution in [0.4, 0.5) is 5.69 Å². The second kappa shape index (κ2) is 7.71. The molecule has 0 atom stereocenters. The normalized spacial score (nSPS) is 15.0. The van der Waals surface area contributed by atoms with E-state index in [9.17, 15) is 14.4 Å². The van der Waals surface area contributed by atoms with Crippen LogP contribution in [0.1, 0.15) is 28.6 Å². The summed E-state index contributed by atoms with van der Waals surface area (Å²) in [6.07, 6.45) is 2.25. The van der Waals surface area contributed by atoms with Gasteiger partial charge in [-0.3, -0.25) is 15.0 Å². The summed E-state index contributed by atoms with van der Waals surface area (Å²) in [5.74, 6) is -1.29. The number of benzene rings is 2. The first-order valence-electron chi connectivity index (χ1n) is 9.36. The minimum Gasteiger partial charge on any atom is -0.478 e. The summed E-state index contributed by atoms with van der Waals surface area (Å²) in [4.78, 5) is 36.2. The highest BCUT2D eigenvalue weighted by Gasteiger charge is 2.34. The molecular formula is C23H18N2O5. The monoisotopic (exact) mass is 402 g/mol. The van der Waals surface area contributed by atoms with E-state index in [1.807, 2.05) is 19.1 Å². The molecule has 3 aromatic rings. The van der Waals surface area contributed by atoms with Crippen molar-refractivity contribution in [3.05, 3.63) is 83.1 Å². The topological polar surface area (TPSA) is 99.8 Å². The molecule has 1 saturated heterocycles. The van der Waals surface area contributed by atoms with Gasteiger partial charge in [0, 0.05) is 5.56 Å². The highest BCUT2D eigenvalue weighted by Crippen LogP contribution is 2.26. The summed E-state index contributed by atoms with van der Waals surface area (Å²) >= 11 is 0. The third-order valence-electron chi connectivity index (χ3n) is 4.80. The molecule has 0 aliphatic carbocycles. The van der Waals surface area contributed by atoms with E-state index in [1.54, 1.807) is 36.4 Å². The van der Waals surface area contributed by atoms with Crippen LogP contribution in [0.25, 0.3) is 17.4 Å². The van der Waals surface area contributed by atoms with Gasteiger partial charge in [0.15, 0.2) is 0 Å². The number of rotatable bonds is 5. The Morgan fingerprint density at radius 2 is 1.87 bits per heavy atom. The van der Waals surface area contributed by atoms with Crippen molar-refractivity contribution in [2.45, 2.75) is 13.3 Å². The lowest BCUT2D eigenvalue weighted by Gasteiger charge is -2.14. The molecule has 2 aromatic carbocycles. The van der Waals surface area contributed by atoms with E-state index < -0.39 is 17.8 Å². The lowest BCUT2D eigenvalue weighted by atomic mass is 10.1. The number of carbonyl (C=O) groups is 3. The smallest absolute Gasteiger partial charge is 0.335 e. The quantitative estimate of drug-likeness (QED) is 0.501. The maximum Gasteiger partial charge on any atom is 0.335 e. The first-order valence-corrected chi connectivity index (χ1v) is 9.36. The van der Waals surface area contributed by atoms with Gasteiger partial charge in [0.05, 0.1) is 11.3 Å². The Balaban J connectivity index is 1.59. The van der Waals surface area contributed by atoms with Crippen LogP contribution < -0.4 is 10.4 Å². The maximum atomic E-state index is 12.7. The van der Waals surface area contributed by atoms with Crippen LogP contribution >= 0.6 is 0 Å². The van der Waals surface area contributed by atoms with Crippen LogP contribution in [0.3, 0.4) is 0 Å². The molecule has 7 nitrogen and oxygen atoms in total. The standard InChI is InChI=1S/C23H18N2O5/c1-2-14-6-8-17(9-7-14)25-22(27)19(21(26)24-25)13-18-10-11-20(30-18)15-4-3-5-16(12-15)23(28)29/h3-13H,2H2,1H3,(H,24,26)(H,28,29)/b19-13-. The van der Waals surface area contributed by atoms with Crippen molar-refractivity contribution in [1.29, 1.82) is 0 Å². The molecule has 1 fully saturated rings. The molecule has 0 spiro atoms. The molecule has 4 rings (SSSR count). The molecule has 0 bridgehead atoms. The Morgan fingerprint density at radius 3 is 2.57 bits per heavy atom. The fourth-order valence-electron chi connectivity index (χ4n) is 3.15. The predicted octanol–water partition coefficient (Wildman–Crippen LogP) is 3.67. The Labute approximate surface area is 172 Å². The number of hydrogen-bond acceptors (Lipinski definition) is 4. The maximum absolute atomic E-state index is 12.7. The summed E-state index contributed by atoms with van der Waals surface area (Å²) in [6.45, 7) is 2.04. The number of carboxylic acids is 1. The number of hydrogen-bond donors (Lipinski definition) is 2. The summed E-state index contributed by atoms with van der Waals surface area (Å²) in [7, 11) is 0. The predicted molar refractivity (Wildman–Crippen MR) is 111 cm³/mol. The number of furan rings is 1. The van der Waals surface area contributed by atoms with Gasteiger partial charge in [-0.25, -0.2) is 9.80 Å². The summed E-state index contributed by atoms with van der Waals surface area (Å²) in [5.41, 5.74) is 4.93. The summed E-state index contributed by atoms with van der Waals surface area (Å²) in [6, 6.07) is 17.0. The van der Waals surface area contributed by atoms with Gasteiger partial charge >= 0.3 is 5.97 Å². The molecule has 2 amide bonds. The average Bonchev–Trinajstić information content (AvgIpc) is 3.34. The second-order valence-electron chi connectivity index (χ2n) is 6.75. The number of carbonyl (C=O) groups excluding carboxylic acids is 2. The molecule has 0 saturated carbocycles. The van der Waals surface area contributed by atoms with Gasteiger partial charge in [0.1, 0.15) is 17.1 Å². The first kappa shape index (κ1) is 19.2. The zero-order chi connectivity index (χ0) is 21.3. The summed E-state index contributed by atoms with van der Waals surface area (Å²) in [5, 5.41) is 10.3. The van der Waals surface area contributed by atoms with E-state index in [-0.39, 0.29) is 11.1 Å². The van der Waals surface area contributed by atoms with Gasteiger partial charge in [-0.2, -0.15) is 0 Å². The molecule has 150 valence electrons. The molecule has 2 N–H and O–H groups in total. The number of hydrazine groups is 1. The van der Waals surface area contributed by atoms with Crippen molar-refractivity contribution in [2.24, 2.45) is 0 Å². The van der Waals surface area contributed by atoms with Crippen LogP contribution in [0.2, 0.25) is 0 Å². The lowest BCUT2D eigenvalue weighted by Crippen LogP contribution is -2.35. The fraction of sp³-hybridized carbons (Fsp3) is 0.0870. The van der Waals surface area contributed by atoms with E-state index in [2.05, 4.69) is 5.43 Å². The van der Waals surface area contributed by atoms with Crippen molar-refractivity contribution in [3.8, 4) is 11.3 Å². The van der Waals surface area contributed by atoms with Gasteiger partial charge in [0.25, 0.3) is 11.8 Å². The van der Waals surface area contributed by atoms with E-state index in [4.69, 9.17) is 9.52 Å². The molecular weight excluding hydrogens is 384 g/mol. The lowest BCUT2D eigenvalue weighted by molar-refractivity contribution is -0.117. The Bertz CT molecular complexity index is 1170. The molecule has 0 unspecified atom stereocenters. The van der Waals surface area contributed by atoms with Gasteiger partial charge < -0.3 is 9.52 Å². The minimum atomic E-state index is -1.04. The zero-order valence-corrected chi connectivity index (χ0v) is 16.1. The number of aryl methyl sites for hydroxylation is 1. The number of carboxylic acid groups (broad SMARTS) is 1. The van der Waals surface area contributed by atoms with Crippen molar-refractivity contribution >= 4 is 29.5 Å². The zero-order valence-electron chi connectivity index (χ0n) is 16.1. The molecule has 1 aromatic heterocycles. The average molecular weight is 402 g/mol. The number of anilines is 1. The molecule has 7 heteroatoms. The van der Waals surface area contributed by atoms with Crippen molar-refractivity contribution in [1.82, 2.24) is 5.43 Å². The van der Waals surface area contributed by atoms with E-state index in [0.717, 1.165) is 12.0 Å². The third kappa shape index (κ3) is 3.60. The second-order valence-corrected chi connectivity index (χ2v) is 6.75. The van der Waals surface area contributed by atoms with Gasteiger partial charge in [0.2, 0.25) is 0 Å². The van der Waals surface area contributed by atoms with E-state index >= 15 is 0 Å². The van der Waals surface area contributed by atoms with Gasteiger partial charge in [-0.05, 0) is 54.5 Å². The summed E-state index contributed by atoms with van der Waals surface area (Å²) < 4.78 is 5.71. The van der Waals surface area contributed by atoms with Gasteiger partial charge in [-0.1, -0.05) is 31.2 Å². The van der Waals surface area contributed by atoms with E-state index in [0.29, 0.717) is 22.8 Å². The number of nitrogens with one attached hydrogen (secondary N) is 1.